The van der Waals surface area contributed by atoms with Crippen LogP contribution in [0.2, 0.25) is 10.0 Å². The van der Waals surface area contributed by atoms with E-state index in [4.69, 9.17) is 23.2 Å². The second kappa shape index (κ2) is 6.98. The van der Waals surface area contributed by atoms with Crippen molar-refractivity contribution >= 4 is 34.9 Å². The molecular formula is C13H18Cl2N2O2. The molecule has 1 rings (SSSR count). The summed E-state index contributed by atoms with van der Waals surface area (Å²) in [6, 6.07) is 4.37. The van der Waals surface area contributed by atoms with Crippen LogP contribution in [0.25, 0.3) is 0 Å². The van der Waals surface area contributed by atoms with E-state index in [-0.39, 0.29) is 6.54 Å². The van der Waals surface area contributed by atoms with Crippen LogP contribution in [0.15, 0.2) is 18.2 Å². The maximum atomic E-state index is 11.7. The van der Waals surface area contributed by atoms with E-state index in [0.29, 0.717) is 28.6 Å². The van der Waals surface area contributed by atoms with Crippen LogP contribution in [0.1, 0.15) is 26.7 Å². The van der Waals surface area contributed by atoms with E-state index in [0.717, 1.165) is 0 Å². The van der Waals surface area contributed by atoms with Gasteiger partial charge < -0.3 is 15.7 Å². The van der Waals surface area contributed by atoms with Gasteiger partial charge in [-0.3, -0.25) is 0 Å². The Labute approximate surface area is 123 Å². The molecule has 0 atom stereocenters. The molecule has 106 valence electrons. The van der Waals surface area contributed by atoms with Crippen molar-refractivity contribution in [2.75, 3.05) is 11.9 Å². The van der Waals surface area contributed by atoms with Crippen molar-refractivity contribution < 1.29 is 9.90 Å². The highest BCUT2D eigenvalue weighted by atomic mass is 35.5. The number of amides is 2. The first-order valence-corrected chi connectivity index (χ1v) is 6.87. The number of carbonyl (C=O) groups is 1. The first-order valence-electron chi connectivity index (χ1n) is 6.12. The van der Waals surface area contributed by atoms with E-state index in [9.17, 15) is 9.90 Å². The van der Waals surface area contributed by atoms with Gasteiger partial charge in [0.25, 0.3) is 0 Å². The fourth-order valence-electron chi connectivity index (χ4n) is 1.55. The van der Waals surface area contributed by atoms with Gasteiger partial charge >= 0.3 is 6.03 Å². The minimum absolute atomic E-state index is 0.195. The van der Waals surface area contributed by atoms with Crippen molar-refractivity contribution in [2.45, 2.75) is 32.3 Å². The molecule has 4 nitrogen and oxygen atoms in total. The Morgan fingerprint density at radius 2 is 1.74 bits per heavy atom. The van der Waals surface area contributed by atoms with E-state index in [2.05, 4.69) is 10.6 Å². The number of nitrogens with one attached hydrogen (secondary N) is 2. The van der Waals surface area contributed by atoms with Gasteiger partial charge in [-0.2, -0.15) is 0 Å². The zero-order chi connectivity index (χ0) is 14.5. The fraction of sp³-hybridized carbons (Fsp3) is 0.462. The summed E-state index contributed by atoms with van der Waals surface area (Å²) in [6.45, 7) is 3.94. The van der Waals surface area contributed by atoms with Crippen molar-refractivity contribution in [2.24, 2.45) is 0 Å². The molecule has 3 N–H and O–H groups in total. The van der Waals surface area contributed by atoms with E-state index in [1.165, 1.54) is 0 Å². The van der Waals surface area contributed by atoms with E-state index in [1.807, 2.05) is 13.8 Å². The Morgan fingerprint density at radius 3 is 2.21 bits per heavy atom. The quantitative estimate of drug-likeness (QED) is 0.777. The molecule has 0 aliphatic carbocycles. The first-order chi connectivity index (χ1) is 8.88. The lowest BCUT2D eigenvalue weighted by molar-refractivity contribution is 0.0354. The molecule has 0 aromatic heterocycles. The minimum Gasteiger partial charge on any atom is -0.388 e. The van der Waals surface area contributed by atoms with Gasteiger partial charge in [-0.25, -0.2) is 4.79 Å². The second-order valence-corrected chi connectivity index (χ2v) is 5.27. The Balaban J connectivity index is 2.56. The predicted molar refractivity (Wildman–Crippen MR) is 79.0 cm³/mol. The molecule has 19 heavy (non-hydrogen) atoms. The lowest BCUT2D eigenvalue weighted by Gasteiger charge is -2.25. The van der Waals surface area contributed by atoms with Crippen molar-refractivity contribution in [3.05, 3.63) is 28.2 Å². The van der Waals surface area contributed by atoms with Gasteiger partial charge in [0.15, 0.2) is 0 Å². The SMILES string of the molecule is CCC(O)(CC)CNC(=O)Nc1cc(Cl)cc(Cl)c1. The molecule has 2 amide bonds. The minimum atomic E-state index is -0.872. The number of hydrogen-bond acceptors (Lipinski definition) is 2. The lowest BCUT2D eigenvalue weighted by atomic mass is 9.98. The summed E-state index contributed by atoms with van der Waals surface area (Å²) in [6.07, 6.45) is 1.15. The molecule has 0 saturated carbocycles. The molecule has 0 unspecified atom stereocenters. The molecule has 0 radical (unpaired) electrons. The molecular weight excluding hydrogens is 287 g/mol. The van der Waals surface area contributed by atoms with Crippen LogP contribution in [0.4, 0.5) is 10.5 Å². The largest absolute Gasteiger partial charge is 0.388 e. The summed E-state index contributed by atoms with van der Waals surface area (Å²) in [5.41, 5.74) is -0.366. The number of halogens is 2. The second-order valence-electron chi connectivity index (χ2n) is 4.40. The molecule has 0 fully saturated rings. The normalized spacial score (nSPS) is 11.2. The van der Waals surface area contributed by atoms with Gasteiger partial charge in [0, 0.05) is 22.3 Å². The van der Waals surface area contributed by atoms with E-state index >= 15 is 0 Å². The molecule has 1 aromatic carbocycles. The molecule has 0 heterocycles. The van der Waals surface area contributed by atoms with Crippen LogP contribution >= 0.6 is 23.2 Å². The maximum absolute atomic E-state index is 11.7. The highest BCUT2D eigenvalue weighted by Crippen LogP contribution is 2.22. The number of urea groups is 1. The third-order valence-corrected chi connectivity index (χ3v) is 3.45. The fourth-order valence-corrected chi connectivity index (χ4v) is 2.07. The highest BCUT2D eigenvalue weighted by Gasteiger charge is 2.22. The Bertz CT molecular complexity index is 428. The monoisotopic (exact) mass is 304 g/mol. The topological polar surface area (TPSA) is 61.4 Å². The number of anilines is 1. The third kappa shape index (κ3) is 5.27. The molecule has 0 aliphatic heterocycles. The average molecular weight is 305 g/mol. The highest BCUT2D eigenvalue weighted by molar-refractivity contribution is 6.35. The van der Waals surface area contributed by atoms with Gasteiger partial charge in [-0.05, 0) is 31.0 Å². The predicted octanol–water partition coefficient (Wildman–Crippen LogP) is 3.67. The zero-order valence-electron chi connectivity index (χ0n) is 11.0. The van der Waals surface area contributed by atoms with Crippen molar-refractivity contribution in [1.82, 2.24) is 5.32 Å². The molecule has 0 saturated heterocycles. The summed E-state index contributed by atoms with van der Waals surface area (Å²) in [5.74, 6) is 0. The summed E-state index contributed by atoms with van der Waals surface area (Å²) in [7, 11) is 0. The zero-order valence-corrected chi connectivity index (χ0v) is 12.5. The van der Waals surface area contributed by atoms with Crippen LogP contribution in [0.3, 0.4) is 0 Å². The van der Waals surface area contributed by atoms with E-state index < -0.39 is 11.6 Å². The van der Waals surface area contributed by atoms with Crippen LogP contribution in [0, 0.1) is 0 Å². The molecule has 0 spiro atoms. The number of benzene rings is 1. The standard InChI is InChI=1S/C13H18Cl2N2O2/c1-3-13(19,4-2)8-16-12(18)17-11-6-9(14)5-10(15)7-11/h5-7,19H,3-4,8H2,1-2H3,(H2,16,17,18). The molecule has 1 aromatic rings. The smallest absolute Gasteiger partial charge is 0.319 e. The van der Waals surface area contributed by atoms with Crippen molar-refractivity contribution in [3.8, 4) is 0 Å². The molecule has 6 heteroatoms. The van der Waals surface area contributed by atoms with Gasteiger partial charge in [0.05, 0.1) is 5.60 Å². The molecule has 0 aliphatic rings. The Hall–Kier alpha value is -0.970. The summed E-state index contributed by atoms with van der Waals surface area (Å²) in [5, 5.41) is 16.2. The van der Waals surface area contributed by atoms with Gasteiger partial charge in [0.1, 0.15) is 0 Å². The van der Waals surface area contributed by atoms with Crippen LogP contribution in [-0.4, -0.2) is 23.3 Å². The van der Waals surface area contributed by atoms with Crippen LogP contribution in [0.5, 0.6) is 0 Å². The number of aliphatic hydroxyl groups is 1. The average Bonchev–Trinajstić information content (AvgIpc) is 2.35. The Morgan fingerprint density at radius 1 is 1.21 bits per heavy atom. The van der Waals surface area contributed by atoms with Crippen LogP contribution in [-0.2, 0) is 0 Å². The number of hydrogen-bond donors (Lipinski definition) is 3. The summed E-state index contributed by atoms with van der Waals surface area (Å²) < 4.78 is 0. The van der Waals surface area contributed by atoms with Crippen molar-refractivity contribution in [1.29, 1.82) is 0 Å². The number of rotatable bonds is 5. The van der Waals surface area contributed by atoms with Gasteiger partial charge in [-0.15, -0.1) is 0 Å². The third-order valence-electron chi connectivity index (χ3n) is 3.01. The maximum Gasteiger partial charge on any atom is 0.319 e. The summed E-state index contributed by atoms with van der Waals surface area (Å²) in [4.78, 5) is 11.7. The van der Waals surface area contributed by atoms with Gasteiger partial charge in [-0.1, -0.05) is 37.0 Å². The number of carbonyl (C=O) groups excluding carboxylic acids is 1. The van der Waals surface area contributed by atoms with Crippen LogP contribution < -0.4 is 10.6 Å². The molecule has 0 bridgehead atoms. The van der Waals surface area contributed by atoms with E-state index in [1.54, 1.807) is 18.2 Å². The Kier molecular flexibility index (Phi) is 5.91. The van der Waals surface area contributed by atoms with Gasteiger partial charge in [0.2, 0.25) is 0 Å². The summed E-state index contributed by atoms with van der Waals surface area (Å²) >= 11 is 11.7. The first kappa shape index (κ1) is 16.1. The lowest BCUT2D eigenvalue weighted by Crippen LogP contribution is -2.43. The van der Waals surface area contributed by atoms with Crippen molar-refractivity contribution in [3.63, 3.8) is 0 Å².